The minimum absolute atomic E-state index is 0. The molecule has 4 radical (unpaired) electrons. The van der Waals surface area contributed by atoms with Crippen molar-refractivity contribution >= 4 is 0 Å². The van der Waals surface area contributed by atoms with Gasteiger partial charge in [-0.1, -0.05) is 360 Å². The van der Waals surface area contributed by atoms with Crippen molar-refractivity contribution in [3.63, 3.8) is 0 Å². The number of rotatable bonds is 37. The Kier molecular flexibility index (Phi) is 48.8. The molecular formula is C139H130Ir4N7-5. The fourth-order valence-electron chi connectivity index (χ4n) is 18.4. The van der Waals surface area contributed by atoms with Gasteiger partial charge in [-0.25, -0.2) is 0 Å². The summed E-state index contributed by atoms with van der Waals surface area (Å²) in [6, 6.07) is 162. The second kappa shape index (κ2) is 63.5. The molecule has 7 aromatic heterocycles. The summed E-state index contributed by atoms with van der Waals surface area (Å²) in [6.45, 7) is 8.02. The van der Waals surface area contributed by atoms with Crippen LogP contribution in [-0.4, -0.2) is 34.9 Å². The van der Waals surface area contributed by atoms with Gasteiger partial charge in [0, 0.05) is 111 Å². The number of nitrogens with zero attached hydrogens (tertiary/aromatic N) is 7. The normalized spacial score (nSPS) is 10.5. The Labute approximate surface area is 945 Å². The van der Waals surface area contributed by atoms with E-state index < -0.39 is 0 Å². The number of aryl methyl sites for hydroxylation is 12. The Morgan fingerprint density at radius 1 is 0.187 bits per heavy atom. The molecule has 0 aliphatic rings. The third-order valence-electron chi connectivity index (χ3n) is 26.4. The van der Waals surface area contributed by atoms with E-state index in [1.807, 2.05) is 119 Å². The number of pyridine rings is 7. The predicted molar refractivity (Wildman–Crippen MR) is 610 cm³/mol. The Bertz CT molecular complexity index is 7290. The molecule has 0 fully saturated rings. The summed E-state index contributed by atoms with van der Waals surface area (Å²) in [5.74, 6) is 0. The van der Waals surface area contributed by atoms with Gasteiger partial charge < -0.3 is 24.9 Å². The number of aromatic nitrogens is 7. The van der Waals surface area contributed by atoms with Crippen LogP contribution in [0.25, 0.3) is 123 Å². The quantitative estimate of drug-likeness (QED) is 0.0283. The van der Waals surface area contributed by atoms with E-state index in [1.54, 1.807) is 6.20 Å². The van der Waals surface area contributed by atoms with Gasteiger partial charge in [-0.15, -0.1) is 119 Å². The zero-order valence-corrected chi connectivity index (χ0v) is 95.8. The van der Waals surface area contributed by atoms with Crippen LogP contribution in [0.4, 0.5) is 0 Å². The van der Waals surface area contributed by atoms with Crippen LogP contribution in [0, 0.1) is 58.0 Å². The largest absolute Gasteiger partial charge is 0.321 e. The van der Waals surface area contributed by atoms with Crippen molar-refractivity contribution in [1.82, 2.24) is 34.9 Å². The van der Waals surface area contributed by atoms with Crippen LogP contribution in [0.15, 0.2) is 450 Å². The molecule has 20 rings (SSSR count). The summed E-state index contributed by atoms with van der Waals surface area (Å²) in [5, 5.41) is 0. The van der Waals surface area contributed by atoms with Gasteiger partial charge in [0.2, 0.25) is 0 Å². The van der Waals surface area contributed by atoms with Crippen molar-refractivity contribution in [3.05, 3.63) is 547 Å². The Hall–Kier alpha value is -13.5. The molecule has 0 unspecified atom stereocenters. The summed E-state index contributed by atoms with van der Waals surface area (Å²) >= 11 is 0. The predicted octanol–water partition coefficient (Wildman–Crippen LogP) is 35.4. The van der Waals surface area contributed by atoms with E-state index in [9.17, 15) is 0 Å². The van der Waals surface area contributed by atoms with Crippen molar-refractivity contribution < 1.29 is 80.4 Å². The monoisotopic (exact) mass is 2670 g/mol. The zero-order chi connectivity index (χ0) is 100.0. The molecule has 0 saturated carbocycles. The first-order chi connectivity index (χ1) is 72.0. The second-order valence-electron chi connectivity index (χ2n) is 37.7. The number of benzene rings is 13. The van der Waals surface area contributed by atoms with Crippen molar-refractivity contribution in [1.29, 1.82) is 0 Å². The van der Waals surface area contributed by atoms with Gasteiger partial charge in [-0.2, -0.15) is 23.3 Å². The summed E-state index contributed by atoms with van der Waals surface area (Å²) < 4.78 is 0. The van der Waals surface area contributed by atoms with Gasteiger partial charge in [-0.3, -0.25) is 9.97 Å². The van der Waals surface area contributed by atoms with Crippen molar-refractivity contribution in [2.24, 2.45) is 0 Å². The minimum atomic E-state index is 0. The first kappa shape index (κ1) is 115. The molecule has 7 heterocycles. The van der Waals surface area contributed by atoms with Gasteiger partial charge in [0.05, 0.1) is 0 Å². The molecule has 0 aliphatic carbocycles. The fourth-order valence-corrected chi connectivity index (χ4v) is 18.4. The number of hydrogen-bond acceptors (Lipinski definition) is 7. The molecule has 0 bridgehead atoms. The van der Waals surface area contributed by atoms with Crippen LogP contribution in [0.5, 0.6) is 0 Å². The molecule has 20 aromatic rings. The summed E-state index contributed by atoms with van der Waals surface area (Å²) in [4.78, 5) is 31.5. The average molecular weight is 2670 g/mol. The van der Waals surface area contributed by atoms with Gasteiger partial charge in [0.1, 0.15) is 0 Å². The Morgan fingerprint density at radius 2 is 0.500 bits per heavy atom. The summed E-state index contributed by atoms with van der Waals surface area (Å²) in [5.41, 5.74) is 39.8. The SMILES string of the molecule is Cc1[c-]c(-c2cc(-c3cccc(CCCCCCc4ccccc4)c3)ccn2)cc(C)n1.Cc1cc(-c2cc(-c3ccc(CCCCCc4ccccc4)cc3)ccn2)[c-]cn1.Cc1ccc(-c2[c-]ccc(-c3ccccc3)c2)nc1.[Ir].[Ir].[Ir].[Ir].[c-]1ccc(-c2ccccc2)cc1-c1ccc(-c2cccc(CCCCCc3ccccc3)c2)cn1.[c-]1ccccc1-c1cc(-c2cccc(CCCCCCc3ccccc3)c2)ccn1. The van der Waals surface area contributed by atoms with Crippen LogP contribution < -0.4 is 0 Å². The van der Waals surface area contributed by atoms with Crippen LogP contribution in [0.2, 0.25) is 0 Å². The number of unbranched alkanes of at least 4 members (excludes halogenated alkanes) is 10. The Balaban J connectivity index is 0.000000167. The van der Waals surface area contributed by atoms with E-state index in [2.05, 4.69) is 412 Å². The maximum absolute atomic E-state index is 4.77. The molecule has 0 saturated heterocycles. The van der Waals surface area contributed by atoms with E-state index in [1.165, 1.54) is 227 Å². The molecule has 150 heavy (non-hydrogen) atoms. The van der Waals surface area contributed by atoms with E-state index in [4.69, 9.17) is 4.98 Å². The van der Waals surface area contributed by atoms with E-state index in [0.717, 1.165) is 105 Å². The summed E-state index contributed by atoms with van der Waals surface area (Å²) in [7, 11) is 0. The second-order valence-corrected chi connectivity index (χ2v) is 37.7. The topological polar surface area (TPSA) is 90.2 Å². The molecule has 0 N–H and O–H groups in total. The van der Waals surface area contributed by atoms with Crippen LogP contribution >= 0.6 is 0 Å². The maximum atomic E-state index is 4.77. The molecule has 11 heteroatoms. The third-order valence-corrected chi connectivity index (χ3v) is 26.4. The average Bonchev–Trinajstić information content (AvgIpc) is 0.832. The molecular weight excluding hydrogens is 2540 g/mol. The molecule has 0 spiro atoms. The van der Waals surface area contributed by atoms with E-state index >= 15 is 0 Å². The standard InChI is InChI=1S/C34H30N.C30H31N2.C29H28N.C28H27N2.C18H14N.4Ir/c1-4-12-27(13-5-1)14-6-2-7-15-28-16-10-19-30(24-28)33-22-23-34(35-26-33)32-21-11-20-31(25-32)29-17-8-3-9-18-29;1-23-19-29(20-24(2)32-23)30-22-28(17-18-31-30)27-16-10-15-26(21-27)14-7-4-3-6-11-25-12-8-5-9-13-25;1(5-12-24-13-7-3-8-14-24)2-6-15-25-16-11-19-27(22-25)28-20-21-30-29(23-28)26-17-9-4-10-18-26;1-22-20-27(17-18-29-22)28-21-26(16-19-30-28)25-14-12-24(13-15-25)11-7-3-6-10-23-8-4-2-5-9-23;1-14-10-11-18(19-13-14)17-9-5-8-16(12-17)15-6-3-2-4-7-15;;;;/h1,3-5,8-13,16-20,22-26H,2,6-7,14-15H2;5,8-10,12-13,15-19,21-22H,3-4,6-7,11,14H2,1-2H3;3-4,7-11,13-14,16-17,19-23H,1-2,5-6,12,15H2;2,4-5,8-9,12-16,18-21H,3,6-7,10-11H2,1H3;2-8,10-13H,1H3;;;;/q5*-1;;;;. The van der Waals surface area contributed by atoms with Crippen LogP contribution in [0.3, 0.4) is 0 Å². The first-order valence-corrected chi connectivity index (χ1v) is 52.2. The molecule has 7 nitrogen and oxygen atoms in total. The minimum Gasteiger partial charge on any atom is -0.321 e. The zero-order valence-electron chi connectivity index (χ0n) is 86.2. The number of hydrogen-bond donors (Lipinski definition) is 0. The Morgan fingerprint density at radius 3 is 0.893 bits per heavy atom. The van der Waals surface area contributed by atoms with E-state index in [0.29, 0.717) is 0 Å². The van der Waals surface area contributed by atoms with Gasteiger partial charge >= 0.3 is 0 Å². The van der Waals surface area contributed by atoms with Gasteiger partial charge in [-0.05, 0) is 306 Å². The van der Waals surface area contributed by atoms with Crippen LogP contribution in [-0.2, 0) is 132 Å². The van der Waals surface area contributed by atoms with Gasteiger partial charge in [0.25, 0.3) is 0 Å². The maximum Gasteiger partial charge on any atom is 0.0239 e. The smallest absolute Gasteiger partial charge is 0.0239 e. The van der Waals surface area contributed by atoms with E-state index in [-0.39, 0.29) is 80.4 Å². The third kappa shape index (κ3) is 37.6. The molecule has 0 atom stereocenters. The molecule has 0 amide bonds. The van der Waals surface area contributed by atoms with Crippen molar-refractivity contribution in [3.8, 4) is 123 Å². The fraction of sp³-hybridized carbons (Fsp3) is 0.187. The van der Waals surface area contributed by atoms with Crippen molar-refractivity contribution in [2.45, 2.75) is 169 Å². The molecule has 762 valence electrons. The first-order valence-electron chi connectivity index (χ1n) is 52.2. The van der Waals surface area contributed by atoms with Crippen LogP contribution in [0.1, 0.15) is 157 Å². The molecule has 13 aromatic carbocycles. The van der Waals surface area contributed by atoms with Crippen molar-refractivity contribution in [2.75, 3.05) is 0 Å². The molecule has 0 aliphatic heterocycles. The van der Waals surface area contributed by atoms with Gasteiger partial charge in [0.15, 0.2) is 0 Å². The summed E-state index contributed by atoms with van der Waals surface area (Å²) in [6.07, 6.45) is 38.2.